The maximum Gasteiger partial charge on any atom is 0.00380 e. The Morgan fingerprint density at radius 2 is 2.00 bits per heavy atom. The van der Waals surface area contributed by atoms with Gasteiger partial charge in [-0.15, -0.1) is 0 Å². The first-order chi connectivity index (χ1) is 8.78. The minimum Gasteiger partial charge on any atom is -0.316 e. The highest BCUT2D eigenvalue weighted by Gasteiger charge is 2.35. The molecular formula is C16H32N2. The van der Waals surface area contributed by atoms with Crippen LogP contribution in [0.2, 0.25) is 0 Å². The minimum absolute atomic E-state index is 0.686. The first-order valence-corrected chi connectivity index (χ1v) is 8.21. The third kappa shape index (κ3) is 3.71. The minimum atomic E-state index is 0.686. The van der Waals surface area contributed by atoms with Gasteiger partial charge in [0.05, 0.1) is 0 Å². The van der Waals surface area contributed by atoms with Gasteiger partial charge < -0.3 is 10.2 Å². The lowest BCUT2D eigenvalue weighted by molar-refractivity contribution is 0.166. The zero-order chi connectivity index (χ0) is 12.8. The topological polar surface area (TPSA) is 15.3 Å². The number of hydrogen-bond acceptors (Lipinski definition) is 2. The lowest BCUT2D eigenvalue weighted by atomic mass is 9.83. The molecule has 18 heavy (non-hydrogen) atoms. The van der Waals surface area contributed by atoms with E-state index < -0.39 is 0 Å². The summed E-state index contributed by atoms with van der Waals surface area (Å²) in [6.45, 7) is 11.2. The Kier molecular flexibility index (Phi) is 5.50. The van der Waals surface area contributed by atoms with E-state index in [1.54, 1.807) is 0 Å². The van der Waals surface area contributed by atoms with E-state index in [-0.39, 0.29) is 0 Å². The maximum atomic E-state index is 3.59. The van der Waals surface area contributed by atoms with Crippen LogP contribution in [0.3, 0.4) is 0 Å². The van der Waals surface area contributed by atoms with E-state index in [0.29, 0.717) is 5.41 Å². The molecule has 0 radical (unpaired) electrons. The van der Waals surface area contributed by atoms with Crippen LogP contribution in [-0.4, -0.2) is 37.6 Å². The fourth-order valence-corrected chi connectivity index (χ4v) is 3.93. The molecule has 0 spiro atoms. The second-order valence-electron chi connectivity index (χ2n) is 6.65. The molecule has 1 unspecified atom stereocenters. The van der Waals surface area contributed by atoms with E-state index in [1.807, 2.05) is 0 Å². The van der Waals surface area contributed by atoms with Crippen molar-refractivity contribution in [2.24, 2.45) is 11.3 Å². The van der Waals surface area contributed by atoms with Crippen molar-refractivity contribution in [3.8, 4) is 0 Å². The molecule has 0 amide bonds. The Morgan fingerprint density at radius 1 is 1.22 bits per heavy atom. The average molecular weight is 252 g/mol. The molecule has 1 aliphatic carbocycles. The summed E-state index contributed by atoms with van der Waals surface area (Å²) in [6.07, 6.45) is 9.98. The smallest absolute Gasteiger partial charge is 0.00380 e. The molecule has 2 rings (SSSR count). The third-order valence-corrected chi connectivity index (χ3v) is 5.20. The lowest BCUT2D eigenvalue weighted by Gasteiger charge is -2.32. The zero-order valence-electron chi connectivity index (χ0n) is 12.5. The summed E-state index contributed by atoms with van der Waals surface area (Å²) in [4.78, 5) is 2.76. The predicted octanol–water partition coefficient (Wildman–Crippen LogP) is 3.28. The average Bonchev–Trinajstić information content (AvgIpc) is 3.01. The van der Waals surface area contributed by atoms with Gasteiger partial charge in [0.2, 0.25) is 0 Å². The summed E-state index contributed by atoms with van der Waals surface area (Å²) in [6, 6.07) is 0. The molecule has 0 aromatic carbocycles. The number of nitrogens with one attached hydrogen (secondary N) is 1. The quantitative estimate of drug-likeness (QED) is 0.700. The maximum absolute atomic E-state index is 3.59. The number of rotatable bonds is 7. The molecular weight excluding hydrogens is 220 g/mol. The molecule has 2 heteroatoms. The van der Waals surface area contributed by atoms with Crippen LogP contribution < -0.4 is 5.32 Å². The van der Waals surface area contributed by atoms with E-state index in [4.69, 9.17) is 0 Å². The Balaban J connectivity index is 1.71. The van der Waals surface area contributed by atoms with E-state index in [0.717, 1.165) is 5.92 Å². The number of likely N-dealkylation sites (tertiary alicyclic amines) is 1. The second kappa shape index (κ2) is 6.91. The van der Waals surface area contributed by atoms with Crippen molar-refractivity contribution in [2.75, 3.05) is 32.7 Å². The molecule has 2 nitrogen and oxygen atoms in total. The van der Waals surface area contributed by atoms with Crippen molar-refractivity contribution in [1.82, 2.24) is 10.2 Å². The van der Waals surface area contributed by atoms with Crippen LogP contribution in [0.25, 0.3) is 0 Å². The van der Waals surface area contributed by atoms with Crippen molar-refractivity contribution < 1.29 is 0 Å². The Hall–Kier alpha value is -0.0800. The van der Waals surface area contributed by atoms with Gasteiger partial charge in [-0.1, -0.05) is 26.7 Å². The van der Waals surface area contributed by atoms with E-state index in [1.165, 1.54) is 77.7 Å². The van der Waals surface area contributed by atoms with Crippen LogP contribution in [-0.2, 0) is 0 Å². The second-order valence-corrected chi connectivity index (χ2v) is 6.65. The molecule has 106 valence electrons. The Labute approximate surface area is 114 Å². The fraction of sp³-hybridized carbons (Fsp3) is 1.00. The molecule has 1 saturated heterocycles. The molecule has 2 aliphatic rings. The largest absolute Gasteiger partial charge is 0.316 e. The van der Waals surface area contributed by atoms with Gasteiger partial charge in [0.15, 0.2) is 0 Å². The predicted molar refractivity (Wildman–Crippen MR) is 78.9 cm³/mol. The van der Waals surface area contributed by atoms with Crippen molar-refractivity contribution in [3.05, 3.63) is 0 Å². The van der Waals surface area contributed by atoms with Crippen LogP contribution in [0.15, 0.2) is 0 Å². The number of nitrogens with zero attached hydrogens (tertiary/aromatic N) is 1. The Bertz CT molecular complexity index is 233. The van der Waals surface area contributed by atoms with Gasteiger partial charge in [-0.2, -0.15) is 0 Å². The summed E-state index contributed by atoms with van der Waals surface area (Å²) in [5.41, 5.74) is 0.686. The van der Waals surface area contributed by atoms with Crippen LogP contribution in [0.1, 0.15) is 58.8 Å². The van der Waals surface area contributed by atoms with Crippen molar-refractivity contribution in [2.45, 2.75) is 58.8 Å². The van der Waals surface area contributed by atoms with Crippen molar-refractivity contribution in [1.29, 1.82) is 0 Å². The summed E-state index contributed by atoms with van der Waals surface area (Å²) < 4.78 is 0. The lowest BCUT2D eigenvalue weighted by Crippen LogP contribution is -2.35. The molecule has 1 aliphatic heterocycles. The zero-order valence-corrected chi connectivity index (χ0v) is 12.5. The first-order valence-electron chi connectivity index (χ1n) is 8.21. The fourth-order valence-electron chi connectivity index (χ4n) is 3.93. The van der Waals surface area contributed by atoms with Crippen LogP contribution in [0.5, 0.6) is 0 Å². The summed E-state index contributed by atoms with van der Waals surface area (Å²) in [5.74, 6) is 0.909. The van der Waals surface area contributed by atoms with Gasteiger partial charge in [0.1, 0.15) is 0 Å². The first kappa shape index (κ1) is 14.3. The highest BCUT2D eigenvalue weighted by Crippen LogP contribution is 2.42. The van der Waals surface area contributed by atoms with Gasteiger partial charge >= 0.3 is 0 Å². The van der Waals surface area contributed by atoms with Crippen molar-refractivity contribution >= 4 is 0 Å². The van der Waals surface area contributed by atoms with Gasteiger partial charge in [0.25, 0.3) is 0 Å². The van der Waals surface area contributed by atoms with E-state index in [2.05, 4.69) is 24.1 Å². The van der Waals surface area contributed by atoms with Gasteiger partial charge in [-0.05, 0) is 63.1 Å². The summed E-state index contributed by atoms with van der Waals surface area (Å²) in [5, 5.41) is 3.59. The van der Waals surface area contributed by atoms with Crippen molar-refractivity contribution in [3.63, 3.8) is 0 Å². The molecule has 1 atom stereocenters. The third-order valence-electron chi connectivity index (χ3n) is 5.20. The molecule has 1 N–H and O–H groups in total. The SMILES string of the molecule is CCCNCC1CCN(CC2(CC)CCCC2)C1. The normalized spacial score (nSPS) is 28.0. The monoisotopic (exact) mass is 252 g/mol. The standard InChI is InChI=1S/C16H32N2/c1-3-10-17-12-15-7-11-18(13-15)14-16(4-2)8-5-6-9-16/h15,17H,3-14H2,1-2H3. The van der Waals surface area contributed by atoms with Gasteiger partial charge in [-0.3, -0.25) is 0 Å². The van der Waals surface area contributed by atoms with Crippen LogP contribution in [0.4, 0.5) is 0 Å². The summed E-state index contributed by atoms with van der Waals surface area (Å²) in [7, 11) is 0. The van der Waals surface area contributed by atoms with Gasteiger partial charge in [-0.25, -0.2) is 0 Å². The highest BCUT2D eigenvalue weighted by molar-refractivity contribution is 4.89. The summed E-state index contributed by atoms with van der Waals surface area (Å²) >= 11 is 0. The number of hydrogen-bond donors (Lipinski definition) is 1. The molecule has 0 bridgehead atoms. The molecule has 2 fully saturated rings. The van der Waals surface area contributed by atoms with Crippen LogP contribution in [0, 0.1) is 11.3 Å². The van der Waals surface area contributed by atoms with Gasteiger partial charge in [0, 0.05) is 13.1 Å². The highest BCUT2D eigenvalue weighted by atomic mass is 15.2. The Morgan fingerprint density at radius 3 is 2.67 bits per heavy atom. The van der Waals surface area contributed by atoms with E-state index >= 15 is 0 Å². The molecule has 1 saturated carbocycles. The molecule has 0 aromatic rings. The van der Waals surface area contributed by atoms with Crippen LogP contribution >= 0.6 is 0 Å². The molecule has 0 aromatic heterocycles. The molecule has 1 heterocycles. The van der Waals surface area contributed by atoms with E-state index in [9.17, 15) is 0 Å².